The minimum atomic E-state index is 0.153. The summed E-state index contributed by atoms with van der Waals surface area (Å²) in [5, 5.41) is 21.3. The largest absolute Gasteiger partial charge is 0.505 e. The van der Waals surface area contributed by atoms with Gasteiger partial charge < -0.3 is 10.2 Å². The summed E-state index contributed by atoms with van der Waals surface area (Å²) in [5.41, 5.74) is 1.31. The molecule has 0 bridgehead atoms. The van der Waals surface area contributed by atoms with Gasteiger partial charge in [0, 0.05) is 29.7 Å². The number of aliphatic hydroxyl groups excluding tert-OH is 1. The number of phenolic OH excluding ortho intramolecular Hbond substituents is 1. The van der Waals surface area contributed by atoms with Crippen molar-refractivity contribution in [2.45, 2.75) is 31.8 Å². The SMILES string of the molecule is OCC1CCCCN1Cc1cc(Cl)c2cccnc2c1O. The maximum absolute atomic E-state index is 10.5. The highest BCUT2D eigenvalue weighted by molar-refractivity contribution is 6.35. The Morgan fingerprint density at radius 1 is 1.38 bits per heavy atom. The van der Waals surface area contributed by atoms with Gasteiger partial charge in [-0.2, -0.15) is 0 Å². The Labute approximate surface area is 129 Å². The monoisotopic (exact) mass is 306 g/mol. The summed E-state index contributed by atoms with van der Waals surface area (Å²) in [6.07, 6.45) is 4.92. The zero-order valence-corrected chi connectivity index (χ0v) is 12.6. The number of aliphatic hydroxyl groups is 1. The van der Waals surface area contributed by atoms with Gasteiger partial charge in [0.2, 0.25) is 0 Å². The molecule has 1 aromatic carbocycles. The Kier molecular flexibility index (Phi) is 4.29. The number of aromatic hydroxyl groups is 1. The minimum Gasteiger partial charge on any atom is -0.505 e. The molecule has 4 nitrogen and oxygen atoms in total. The van der Waals surface area contributed by atoms with Crippen LogP contribution in [0.1, 0.15) is 24.8 Å². The number of benzene rings is 1. The third kappa shape index (κ3) is 2.84. The Morgan fingerprint density at radius 2 is 2.24 bits per heavy atom. The Balaban J connectivity index is 1.95. The number of fused-ring (bicyclic) bond motifs is 1. The van der Waals surface area contributed by atoms with Gasteiger partial charge in [-0.15, -0.1) is 0 Å². The number of halogens is 1. The molecule has 3 rings (SSSR count). The highest BCUT2D eigenvalue weighted by Gasteiger charge is 2.23. The summed E-state index contributed by atoms with van der Waals surface area (Å²) < 4.78 is 0. The summed E-state index contributed by atoms with van der Waals surface area (Å²) >= 11 is 6.30. The second-order valence-electron chi connectivity index (χ2n) is 5.57. The normalized spacial score (nSPS) is 20.0. The molecule has 1 unspecified atom stereocenters. The molecule has 1 atom stereocenters. The first-order chi connectivity index (χ1) is 10.2. The molecule has 1 fully saturated rings. The fourth-order valence-electron chi connectivity index (χ4n) is 3.05. The fraction of sp³-hybridized carbons (Fsp3) is 0.438. The van der Waals surface area contributed by atoms with E-state index in [1.54, 1.807) is 12.3 Å². The van der Waals surface area contributed by atoms with E-state index in [1.165, 1.54) is 0 Å². The number of nitrogens with zero attached hydrogens (tertiary/aromatic N) is 2. The van der Waals surface area contributed by atoms with E-state index in [2.05, 4.69) is 9.88 Å². The topological polar surface area (TPSA) is 56.6 Å². The van der Waals surface area contributed by atoms with Crippen LogP contribution in [0.25, 0.3) is 10.9 Å². The van der Waals surface area contributed by atoms with Gasteiger partial charge in [0.05, 0.1) is 11.6 Å². The number of hydrogen-bond donors (Lipinski definition) is 2. The van der Waals surface area contributed by atoms with E-state index in [0.29, 0.717) is 17.1 Å². The zero-order chi connectivity index (χ0) is 14.8. The first-order valence-electron chi connectivity index (χ1n) is 7.30. The number of phenols is 1. The molecule has 0 spiro atoms. The van der Waals surface area contributed by atoms with Gasteiger partial charge in [-0.1, -0.05) is 18.0 Å². The van der Waals surface area contributed by atoms with Crippen molar-refractivity contribution in [3.05, 3.63) is 35.0 Å². The van der Waals surface area contributed by atoms with Crippen molar-refractivity contribution in [3.63, 3.8) is 0 Å². The highest BCUT2D eigenvalue weighted by Crippen LogP contribution is 2.34. The second-order valence-corrected chi connectivity index (χ2v) is 5.98. The van der Waals surface area contributed by atoms with Gasteiger partial charge >= 0.3 is 0 Å². The highest BCUT2D eigenvalue weighted by atomic mass is 35.5. The molecule has 1 aliphatic rings. The molecule has 2 aromatic rings. The molecule has 5 heteroatoms. The van der Waals surface area contributed by atoms with Crippen LogP contribution in [0.5, 0.6) is 5.75 Å². The molecule has 2 heterocycles. The summed E-state index contributed by atoms with van der Waals surface area (Å²) in [6.45, 7) is 1.67. The molecule has 0 radical (unpaired) electrons. The predicted octanol–water partition coefficient (Wildman–Crippen LogP) is 2.94. The average molecular weight is 307 g/mol. The van der Waals surface area contributed by atoms with Gasteiger partial charge in [0.25, 0.3) is 0 Å². The van der Waals surface area contributed by atoms with E-state index in [4.69, 9.17) is 11.6 Å². The number of hydrogen-bond acceptors (Lipinski definition) is 4. The quantitative estimate of drug-likeness (QED) is 0.915. The van der Waals surface area contributed by atoms with Gasteiger partial charge in [0.15, 0.2) is 0 Å². The number of aromatic nitrogens is 1. The van der Waals surface area contributed by atoms with Gasteiger partial charge in [-0.3, -0.25) is 9.88 Å². The Morgan fingerprint density at radius 3 is 3.05 bits per heavy atom. The molecule has 2 N–H and O–H groups in total. The Hall–Kier alpha value is -1.36. The molecule has 0 aliphatic carbocycles. The van der Waals surface area contributed by atoms with Crippen molar-refractivity contribution in [1.29, 1.82) is 0 Å². The maximum Gasteiger partial charge on any atom is 0.146 e. The Bertz CT molecular complexity index is 647. The lowest BCUT2D eigenvalue weighted by Crippen LogP contribution is -2.41. The average Bonchev–Trinajstić information content (AvgIpc) is 2.53. The maximum atomic E-state index is 10.5. The molecule has 0 amide bonds. The van der Waals surface area contributed by atoms with E-state index in [1.807, 2.05) is 12.1 Å². The van der Waals surface area contributed by atoms with Crippen LogP contribution in [0, 0.1) is 0 Å². The van der Waals surface area contributed by atoms with Gasteiger partial charge in [-0.25, -0.2) is 0 Å². The smallest absolute Gasteiger partial charge is 0.146 e. The number of rotatable bonds is 3. The van der Waals surface area contributed by atoms with Crippen molar-refractivity contribution in [3.8, 4) is 5.75 Å². The molecule has 112 valence electrons. The zero-order valence-electron chi connectivity index (χ0n) is 11.8. The summed E-state index contributed by atoms with van der Waals surface area (Å²) in [6, 6.07) is 5.63. The third-order valence-electron chi connectivity index (χ3n) is 4.23. The molecule has 1 aliphatic heterocycles. The van der Waals surface area contributed by atoms with Crippen LogP contribution >= 0.6 is 11.6 Å². The molecule has 1 aromatic heterocycles. The molecular weight excluding hydrogens is 288 g/mol. The van der Waals surface area contributed by atoms with Crippen molar-refractivity contribution in [1.82, 2.24) is 9.88 Å². The van der Waals surface area contributed by atoms with Crippen LogP contribution in [0.4, 0.5) is 0 Å². The second kappa shape index (κ2) is 6.18. The van der Waals surface area contributed by atoms with E-state index in [9.17, 15) is 10.2 Å². The van der Waals surface area contributed by atoms with Crippen LogP contribution in [0.3, 0.4) is 0 Å². The number of likely N-dealkylation sites (tertiary alicyclic amines) is 1. The number of piperidine rings is 1. The lowest BCUT2D eigenvalue weighted by Gasteiger charge is -2.34. The summed E-state index contributed by atoms with van der Waals surface area (Å²) in [5.74, 6) is 0.192. The lowest BCUT2D eigenvalue weighted by atomic mass is 10.0. The predicted molar refractivity (Wildman–Crippen MR) is 83.6 cm³/mol. The van der Waals surface area contributed by atoms with Crippen LogP contribution in [-0.4, -0.2) is 39.3 Å². The molecular formula is C16H19ClN2O2. The molecule has 0 saturated carbocycles. The van der Waals surface area contributed by atoms with Crippen molar-refractivity contribution >= 4 is 22.5 Å². The molecule has 21 heavy (non-hydrogen) atoms. The van der Waals surface area contributed by atoms with Crippen LogP contribution in [-0.2, 0) is 6.54 Å². The van der Waals surface area contributed by atoms with E-state index >= 15 is 0 Å². The standard InChI is InChI=1S/C16H19ClN2O2/c17-14-8-11(9-19-7-2-1-4-12(19)10-20)16(21)15-13(14)5-3-6-18-15/h3,5-6,8,12,20-21H,1-2,4,7,9-10H2. The van der Waals surface area contributed by atoms with Gasteiger partial charge in [0.1, 0.15) is 11.3 Å². The fourth-order valence-corrected chi connectivity index (χ4v) is 3.34. The van der Waals surface area contributed by atoms with Gasteiger partial charge in [-0.05, 0) is 37.6 Å². The van der Waals surface area contributed by atoms with Crippen LogP contribution < -0.4 is 0 Å². The van der Waals surface area contributed by atoms with E-state index in [-0.39, 0.29) is 18.4 Å². The van der Waals surface area contributed by atoms with Crippen LogP contribution in [0.2, 0.25) is 5.02 Å². The third-order valence-corrected chi connectivity index (χ3v) is 4.54. The van der Waals surface area contributed by atoms with E-state index < -0.39 is 0 Å². The van der Waals surface area contributed by atoms with E-state index in [0.717, 1.165) is 36.8 Å². The molecule has 1 saturated heterocycles. The van der Waals surface area contributed by atoms with Crippen molar-refractivity contribution in [2.24, 2.45) is 0 Å². The summed E-state index contributed by atoms with van der Waals surface area (Å²) in [7, 11) is 0. The number of pyridine rings is 1. The van der Waals surface area contributed by atoms with Crippen LogP contribution in [0.15, 0.2) is 24.4 Å². The van der Waals surface area contributed by atoms with Crippen molar-refractivity contribution < 1.29 is 10.2 Å². The minimum absolute atomic E-state index is 0.153. The first kappa shape index (κ1) is 14.6. The van der Waals surface area contributed by atoms with Crippen molar-refractivity contribution in [2.75, 3.05) is 13.2 Å². The lowest BCUT2D eigenvalue weighted by molar-refractivity contribution is 0.0835. The first-order valence-corrected chi connectivity index (χ1v) is 7.68. The summed E-state index contributed by atoms with van der Waals surface area (Å²) in [4.78, 5) is 6.44.